The number of nitrogens with zero attached hydrogens (tertiary/aromatic N) is 1. The smallest absolute Gasteiger partial charge is 0.239 e. The largest absolute Gasteiger partial charge is 0.495 e. The first kappa shape index (κ1) is 18.3. The Bertz CT molecular complexity index is 1060. The monoisotopic (exact) mass is 380 g/mol. The van der Waals surface area contributed by atoms with Crippen molar-refractivity contribution in [3.05, 3.63) is 36.4 Å². The van der Waals surface area contributed by atoms with E-state index in [1.807, 2.05) is 50.2 Å². The summed E-state index contributed by atoms with van der Waals surface area (Å²) in [5.41, 5.74) is 2.12. The maximum atomic E-state index is 13.0. The van der Waals surface area contributed by atoms with Crippen LogP contribution in [0.4, 0.5) is 5.69 Å². The summed E-state index contributed by atoms with van der Waals surface area (Å²) in [4.78, 5) is 27.1. The molecule has 0 aliphatic carbocycles. The summed E-state index contributed by atoms with van der Waals surface area (Å²) >= 11 is 0. The maximum Gasteiger partial charge on any atom is 0.239 e. The van der Waals surface area contributed by atoms with Crippen LogP contribution in [0, 0.1) is 5.92 Å². The lowest BCUT2D eigenvalue weighted by Gasteiger charge is -2.20. The lowest BCUT2D eigenvalue weighted by atomic mass is 10.1. The molecule has 146 valence electrons. The normalized spacial score (nSPS) is 18.0. The van der Waals surface area contributed by atoms with Gasteiger partial charge in [0.1, 0.15) is 22.8 Å². The van der Waals surface area contributed by atoms with Crippen LogP contribution in [-0.4, -0.2) is 31.5 Å². The van der Waals surface area contributed by atoms with Crippen molar-refractivity contribution in [1.29, 1.82) is 0 Å². The van der Waals surface area contributed by atoms with E-state index in [2.05, 4.69) is 5.32 Å². The van der Waals surface area contributed by atoms with E-state index >= 15 is 0 Å². The second-order valence-electron chi connectivity index (χ2n) is 7.27. The van der Waals surface area contributed by atoms with Crippen LogP contribution in [0.1, 0.15) is 26.7 Å². The van der Waals surface area contributed by atoms with Gasteiger partial charge in [-0.2, -0.15) is 0 Å². The molecule has 0 spiro atoms. The number of carbonyl (C=O) groups excluding carboxylic acids is 2. The number of furan rings is 1. The molecule has 1 aromatic heterocycles. The molecule has 0 bridgehead atoms. The number of para-hydroxylation sites is 1. The highest BCUT2D eigenvalue weighted by atomic mass is 16.5. The minimum absolute atomic E-state index is 0.0517. The molecular formula is C22H24N2O4. The van der Waals surface area contributed by atoms with E-state index in [1.165, 1.54) is 0 Å². The number of fused-ring (bicyclic) bond motifs is 3. The van der Waals surface area contributed by atoms with Crippen molar-refractivity contribution in [2.75, 3.05) is 18.6 Å². The molecule has 6 heteroatoms. The molecule has 3 aromatic rings. The van der Waals surface area contributed by atoms with Crippen LogP contribution < -0.4 is 15.0 Å². The SMILES string of the molecule is CC[C@@H](C)NC(=O)[C@H]1CCN(c2cc3oc4ccccc4c3cc2OC)C1=O. The minimum atomic E-state index is -0.662. The quantitative estimate of drug-likeness (QED) is 0.682. The summed E-state index contributed by atoms with van der Waals surface area (Å²) in [7, 11) is 1.58. The van der Waals surface area contributed by atoms with Crippen molar-refractivity contribution in [1.82, 2.24) is 5.32 Å². The average molecular weight is 380 g/mol. The molecule has 6 nitrogen and oxygen atoms in total. The third-order valence-electron chi connectivity index (χ3n) is 5.49. The van der Waals surface area contributed by atoms with Gasteiger partial charge in [-0.25, -0.2) is 0 Å². The molecule has 1 saturated heterocycles. The molecule has 1 N–H and O–H groups in total. The van der Waals surface area contributed by atoms with E-state index in [0.717, 1.165) is 22.8 Å². The van der Waals surface area contributed by atoms with Gasteiger partial charge in [-0.15, -0.1) is 0 Å². The van der Waals surface area contributed by atoms with Gasteiger partial charge in [0.2, 0.25) is 11.8 Å². The van der Waals surface area contributed by atoms with Gasteiger partial charge in [-0.3, -0.25) is 9.59 Å². The van der Waals surface area contributed by atoms with Gasteiger partial charge in [0.25, 0.3) is 0 Å². The number of anilines is 1. The number of hydrogen-bond acceptors (Lipinski definition) is 4. The van der Waals surface area contributed by atoms with Crippen LogP contribution in [0.25, 0.3) is 21.9 Å². The lowest BCUT2D eigenvalue weighted by molar-refractivity contribution is -0.132. The summed E-state index contributed by atoms with van der Waals surface area (Å²) in [6, 6.07) is 11.6. The highest BCUT2D eigenvalue weighted by Crippen LogP contribution is 2.40. The number of nitrogens with one attached hydrogen (secondary N) is 1. The number of amides is 2. The first-order chi connectivity index (χ1) is 13.5. The number of ether oxygens (including phenoxy) is 1. The number of hydrogen-bond donors (Lipinski definition) is 1. The number of methoxy groups -OCH3 is 1. The van der Waals surface area contributed by atoms with Gasteiger partial charge in [-0.05, 0) is 31.9 Å². The summed E-state index contributed by atoms with van der Waals surface area (Å²) in [6.07, 6.45) is 1.31. The zero-order valence-corrected chi connectivity index (χ0v) is 16.3. The van der Waals surface area contributed by atoms with Crippen molar-refractivity contribution in [2.24, 2.45) is 5.92 Å². The Labute approximate surface area is 163 Å². The Morgan fingerprint density at radius 2 is 2.07 bits per heavy atom. The van der Waals surface area contributed by atoms with Crippen LogP contribution in [0.2, 0.25) is 0 Å². The predicted octanol–water partition coefficient (Wildman–Crippen LogP) is 3.86. The molecule has 2 heterocycles. The summed E-state index contributed by atoms with van der Waals surface area (Å²) < 4.78 is 11.5. The highest BCUT2D eigenvalue weighted by molar-refractivity contribution is 6.12. The van der Waals surface area contributed by atoms with Gasteiger partial charge in [-0.1, -0.05) is 25.1 Å². The van der Waals surface area contributed by atoms with Crippen LogP contribution in [0.5, 0.6) is 5.75 Å². The van der Waals surface area contributed by atoms with Gasteiger partial charge in [0.15, 0.2) is 0 Å². The Morgan fingerprint density at radius 1 is 1.29 bits per heavy atom. The first-order valence-electron chi connectivity index (χ1n) is 9.64. The molecule has 4 rings (SSSR count). The molecular weight excluding hydrogens is 356 g/mol. The molecule has 0 unspecified atom stereocenters. The summed E-state index contributed by atoms with van der Waals surface area (Å²) in [5, 5.41) is 4.85. The van der Waals surface area contributed by atoms with Gasteiger partial charge < -0.3 is 19.4 Å². The van der Waals surface area contributed by atoms with Crippen LogP contribution in [-0.2, 0) is 9.59 Å². The fraction of sp³-hybridized carbons (Fsp3) is 0.364. The fourth-order valence-electron chi connectivity index (χ4n) is 3.72. The second-order valence-corrected chi connectivity index (χ2v) is 7.27. The predicted molar refractivity (Wildman–Crippen MR) is 109 cm³/mol. The second kappa shape index (κ2) is 7.19. The van der Waals surface area contributed by atoms with E-state index < -0.39 is 5.92 Å². The molecule has 2 atom stereocenters. The van der Waals surface area contributed by atoms with E-state index in [9.17, 15) is 9.59 Å². The molecule has 0 radical (unpaired) electrons. The van der Waals surface area contributed by atoms with Crippen molar-refractivity contribution in [3.63, 3.8) is 0 Å². The summed E-state index contributed by atoms with van der Waals surface area (Å²) in [6.45, 7) is 4.41. The topological polar surface area (TPSA) is 71.8 Å². The van der Waals surface area contributed by atoms with Crippen molar-refractivity contribution in [2.45, 2.75) is 32.7 Å². The molecule has 2 aromatic carbocycles. The molecule has 2 amide bonds. The lowest BCUT2D eigenvalue weighted by Crippen LogP contribution is -2.40. The third kappa shape index (κ3) is 2.99. The Kier molecular flexibility index (Phi) is 4.71. The maximum absolute atomic E-state index is 13.0. The first-order valence-corrected chi connectivity index (χ1v) is 9.64. The van der Waals surface area contributed by atoms with Crippen molar-refractivity contribution < 1.29 is 18.7 Å². The molecule has 28 heavy (non-hydrogen) atoms. The van der Waals surface area contributed by atoms with E-state index in [0.29, 0.717) is 30.0 Å². The van der Waals surface area contributed by atoms with Gasteiger partial charge in [0.05, 0.1) is 12.8 Å². The minimum Gasteiger partial charge on any atom is -0.495 e. The highest BCUT2D eigenvalue weighted by Gasteiger charge is 2.39. The van der Waals surface area contributed by atoms with Crippen LogP contribution in [0.3, 0.4) is 0 Å². The van der Waals surface area contributed by atoms with Crippen LogP contribution >= 0.6 is 0 Å². The Balaban J connectivity index is 1.69. The van der Waals surface area contributed by atoms with E-state index in [4.69, 9.17) is 9.15 Å². The zero-order chi connectivity index (χ0) is 19.8. The standard InChI is InChI=1S/C22H24N2O4/c1-4-13(2)23-21(25)15-9-10-24(22(15)26)17-12-19-16(11-20(17)27-3)14-7-5-6-8-18(14)28-19/h5-8,11-13,15H,4,9-10H2,1-3H3,(H,23,25)/t13-,15-/m1/s1. The van der Waals surface area contributed by atoms with Crippen LogP contribution in [0.15, 0.2) is 40.8 Å². The molecule has 1 aliphatic heterocycles. The van der Waals surface area contributed by atoms with E-state index in [-0.39, 0.29) is 17.9 Å². The Hall–Kier alpha value is -3.02. The fourth-order valence-corrected chi connectivity index (χ4v) is 3.72. The number of rotatable bonds is 5. The Morgan fingerprint density at radius 3 is 2.82 bits per heavy atom. The van der Waals surface area contributed by atoms with E-state index in [1.54, 1.807) is 12.0 Å². The molecule has 1 fully saturated rings. The number of benzene rings is 2. The summed E-state index contributed by atoms with van der Waals surface area (Å²) in [5.74, 6) is -0.472. The third-order valence-corrected chi connectivity index (χ3v) is 5.49. The van der Waals surface area contributed by atoms with Gasteiger partial charge in [0, 0.05) is 29.4 Å². The number of carbonyl (C=O) groups is 2. The van der Waals surface area contributed by atoms with Crippen molar-refractivity contribution >= 4 is 39.4 Å². The van der Waals surface area contributed by atoms with Gasteiger partial charge >= 0.3 is 0 Å². The molecule has 0 saturated carbocycles. The average Bonchev–Trinajstić information content (AvgIpc) is 3.26. The molecule has 1 aliphatic rings. The van der Waals surface area contributed by atoms with Crippen molar-refractivity contribution in [3.8, 4) is 5.75 Å². The zero-order valence-electron chi connectivity index (χ0n) is 16.3.